The molecule has 3 N–H and O–H groups in total. The maximum atomic E-state index is 13.4. The van der Waals surface area contributed by atoms with Crippen LogP contribution in [-0.4, -0.2) is 22.9 Å². The first-order valence-electron chi connectivity index (χ1n) is 6.32. The number of benzene rings is 1. The van der Waals surface area contributed by atoms with Crippen LogP contribution in [-0.2, 0) is 4.79 Å². The summed E-state index contributed by atoms with van der Waals surface area (Å²) in [5.74, 6) is -1.73. The molecule has 1 aromatic heterocycles. The number of hydrogen-bond acceptors (Lipinski definition) is 3. The van der Waals surface area contributed by atoms with Crippen LogP contribution in [0, 0.1) is 5.82 Å². The number of rotatable bonds is 4. The molecule has 0 aliphatic carbocycles. The monoisotopic (exact) mass is 369 g/mol. The second kappa shape index (κ2) is 7.08. The molecule has 2 rings (SSSR count). The Morgan fingerprint density at radius 2 is 2.05 bits per heavy atom. The Morgan fingerprint density at radius 1 is 1.32 bits per heavy atom. The minimum Gasteiger partial charge on any atom is -0.478 e. The van der Waals surface area contributed by atoms with E-state index in [9.17, 15) is 14.0 Å². The summed E-state index contributed by atoms with van der Waals surface area (Å²) in [5.41, 5.74) is 4.71. The molecule has 2 amide bonds. The van der Waals surface area contributed by atoms with Crippen molar-refractivity contribution >= 4 is 27.7 Å². The maximum Gasteiger partial charge on any atom is 0.286 e. The molecule has 22 heavy (non-hydrogen) atoms. The highest BCUT2D eigenvalue weighted by Gasteiger charge is 2.17. The Morgan fingerprint density at radius 3 is 2.68 bits per heavy atom. The number of carbonyl (C=O) groups is 2. The molecule has 8 heteroatoms. The van der Waals surface area contributed by atoms with Crippen molar-refractivity contribution in [3.63, 3.8) is 0 Å². The van der Waals surface area contributed by atoms with Gasteiger partial charge in [-0.1, -0.05) is 12.1 Å². The van der Waals surface area contributed by atoms with Gasteiger partial charge in [-0.25, -0.2) is 4.39 Å². The number of halogens is 2. The summed E-state index contributed by atoms with van der Waals surface area (Å²) < 4.78 is 19.3. The van der Waals surface area contributed by atoms with E-state index < -0.39 is 23.7 Å². The van der Waals surface area contributed by atoms with Crippen molar-refractivity contribution in [1.29, 1.82) is 0 Å². The van der Waals surface area contributed by atoms with E-state index in [2.05, 4.69) is 31.8 Å². The maximum absolute atomic E-state index is 13.4. The van der Waals surface area contributed by atoms with Crippen LogP contribution in [0.2, 0.25) is 0 Å². The molecule has 0 spiro atoms. The van der Waals surface area contributed by atoms with E-state index >= 15 is 0 Å². The number of amides is 2. The molecule has 1 heterocycles. The number of hydrazine groups is 1. The van der Waals surface area contributed by atoms with Crippen LogP contribution in [0.1, 0.15) is 17.4 Å². The first-order valence-corrected chi connectivity index (χ1v) is 7.12. The summed E-state index contributed by atoms with van der Waals surface area (Å²) in [4.78, 5) is 26.2. The fourth-order valence-electron chi connectivity index (χ4n) is 1.57. The van der Waals surface area contributed by atoms with E-state index in [1.807, 2.05) is 0 Å². The largest absolute Gasteiger partial charge is 0.478 e. The van der Waals surface area contributed by atoms with E-state index in [1.54, 1.807) is 18.3 Å². The molecule has 116 valence electrons. The second-order valence-electron chi connectivity index (χ2n) is 4.37. The van der Waals surface area contributed by atoms with Crippen LogP contribution in [0.4, 0.5) is 4.39 Å². The van der Waals surface area contributed by atoms with Crippen molar-refractivity contribution in [3.05, 3.63) is 52.5 Å². The summed E-state index contributed by atoms with van der Waals surface area (Å²) in [6.07, 6.45) is 0.605. The lowest BCUT2D eigenvalue weighted by Gasteiger charge is -2.15. The van der Waals surface area contributed by atoms with Gasteiger partial charge in [0.1, 0.15) is 5.69 Å². The van der Waals surface area contributed by atoms with E-state index in [0.717, 1.165) is 0 Å². The fourth-order valence-corrected chi connectivity index (χ4v) is 1.91. The molecule has 1 unspecified atom stereocenters. The van der Waals surface area contributed by atoms with Gasteiger partial charge in [0.25, 0.3) is 11.8 Å². The highest BCUT2D eigenvalue weighted by atomic mass is 79.9. The third-order valence-electron chi connectivity index (χ3n) is 2.70. The predicted molar refractivity (Wildman–Crippen MR) is 80.6 cm³/mol. The molecule has 1 aromatic carbocycles. The molecule has 6 nitrogen and oxygen atoms in total. The van der Waals surface area contributed by atoms with Gasteiger partial charge in [0.2, 0.25) is 0 Å². The molecule has 0 saturated carbocycles. The molecule has 2 aromatic rings. The van der Waals surface area contributed by atoms with Gasteiger partial charge in [-0.3, -0.25) is 20.4 Å². The van der Waals surface area contributed by atoms with Crippen LogP contribution in [0.5, 0.6) is 5.75 Å². The molecular weight excluding hydrogens is 357 g/mol. The zero-order valence-corrected chi connectivity index (χ0v) is 13.1. The smallest absolute Gasteiger partial charge is 0.286 e. The quantitative estimate of drug-likeness (QED) is 0.722. The van der Waals surface area contributed by atoms with Crippen LogP contribution >= 0.6 is 15.9 Å². The summed E-state index contributed by atoms with van der Waals surface area (Å²) in [7, 11) is 0. The SMILES string of the molecule is CC(Oc1ccccc1F)C(=O)NNC(=O)c1cc(Br)c[nH]1. The normalized spacial score (nSPS) is 11.6. The van der Waals surface area contributed by atoms with Crippen LogP contribution in [0.25, 0.3) is 0 Å². The van der Waals surface area contributed by atoms with Crippen LogP contribution in [0.3, 0.4) is 0 Å². The van der Waals surface area contributed by atoms with Crippen LogP contribution < -0.4 is 15.6 Å². The lowest BCUT2D eigenvalue weighted by Crippen LogP contribution is -2.47. The first kappa shape index (κ1) is 16.0. The third kappa shape index (κ3) is 4.08. The molecule has 0 radical (unpaired) electrons. The van der Waals surface area contributed by atoms with Gasteiger partial charge in [0.05, 0.1) is 0 Å². The van der Waals surface area contributed by atoms with Gasteiger partial charge in [-0.05, 0) is 41.1 Å². The number of aromatic amines is 1. The first-order chi connectivity index (χ1) is 10.5. The molecule has 0 bridgehead atoms. The third-order valence-corrected chi connectivity index (χ3v) is 3.16. The van der Waals surface area contributed by atoms with Crippen LogP contribution in [0.15, 0.2) is 41.0 Å². The van der Waals surface area contributed by atoms with Crippen molar-refractivity contribution in [2.45, 2.75) is 13.0 Å². The predicted octanol–water partition coefficient (Wildman–Crippen LogP) is 2.14. The number of hydrogen-bond donors (Lipinski definition) is 3. The Kier molecular flexibility index (Phi) is 5.16. The number of aromatic nitrogens is 1. The zero-order chi connectivity index (χ0) is 16.1. The minimum absolute atomic E-state index is 0.0372. The summed E-state index contributed by atoms with van der Waals surface area (Å²) in [6, 6.07) is 7.30. The summed E-state index contributed by atoms with van der Waals surface area (Å²) in [5, 5.41) is 0. The average molecular weight is 370 g/mol. The van der Waals surface area contributed by atoms with Gasteiger partial charge >= 0.3 is 0 Å². The van der Waals surface area contributed by atoms with Gasteiger partial charge < -0.3 is 9.72 Å². The topological polar surface area (TPSA) is 83.2 Å². The highest BCUT2D eigenvalue weighted by Crippen LogP contribution is 2.16. The summed E-state index contributed by atoms with van der Waals surface area (Å²) in [6.45, 7) is 1.44. The molecule has 0 fully saturated rings. The second-order valence-corrected chi connectivity index (χ2v) is 5.28. The minimum atomic E-state index is -0.979. The highest BCUT2D eigenvalue weighted by molar-refractivity contribution is 9.10. The standard InChI is InChI=1S/C14H13BrFN3O3/c1-8(22-12-5-3-2-4-10(12)16)13(20)18-19-14(21)11-6-9(15)7-17-11/h2-8,17H,1H3,(H,18,20)(H,19,21). The van der Waals surface area contributed by atoms with E-state index in [4.69, 9.17) is 4.74 Å². The molecule has 0 saturated heterocycles. The molecule has 1 atom stereocenters. The number of ether oxygens (including phenoxy) is 1. The van der Waals surface area contributed by atoms with Crippen molar-refractivity contribution in [1.82, 2.24) is 15.8 Å². The van der Waals surface area contributed by atoms with Gasteiger partial charge in [0, 0.05) is 10.7 Å². The number of nitrogens with one attached hydrogen (secondary N) is 3. The number of H-pyrrole nitrogens is 1. The van der Waals surface area contributed by atoms with Gasteiger partial charge in [-0.2, -0.15) is 0 Å². The zero-order valence-electron chi connectivity index (χ0n) is 11.5. The Labute approximate surface area is 134 Å². The van der Waals surface area contributed by atoms with E-state index in [-0.39, 0.29) is 11.4 Å². The molecule has 0 aliphatic heterocycles. The summed E-state index contributed by atoms with van der Waals surface area (Å²) >= 11 is 3.19. The number of para-hydroxylation sites is 1. The van der Waals surface area contributed by atoms with E-state index in [0.29, 0.717) is 4.47 Å². The van der Waals surface area contributed by atoms with Gasteiger partial charge in [0.15, 0.2) is 17.7 Å². The average Bonchev–Trinajstić information content (AvgIpc) is 2.93. The van der Waals surface area contributed by atoms with Crippen molar-refractivity contribution in [2.24, 2.45) is 0 Å². The van der Waals surface area contributed by atoms with Crippen molar-refractivity contribution in [2.75, 3.05) is 0 Å². The van der Waals surface area contributed by atoms with Crippen molar-refractivity contribution in [3.8, 4) is 5.75 Å². The Bertz CT molecular complexity index is 689. The Hall–Kier alpha value is -2.35. The fraction of sp³-hybridized carbons (Fsp3) is 0.143. The Balaban J connectivity index is 1.86. The lowest BCUT2D eigenvalue weighted by molar-refractivity contribution is -0.128. The number of carbonyl (C=O) groups excluding carboxylic acids is 2. The molecule has 0 aliphatic rings. The van der Waals surface area contributed by atoms with Crippen molar-refractivity contribution < 1.29 is 18.7 Å². The van der Waals surface area contributed by atoms with E-state index in [1.165, 1.54) is 25.1 Å². The lowest BCUT2D eigenvalue weighted by atomic mass is 10.3. The molecular formula is C14H13BrFN3O3. The van der Waals surface area contributed by atoms with Gasteiger partial charge in [-0.15, -0.1) is 0 Å².